The number of amides is 1. The van der Waals surface area contributed by atoms with Crippen LogP contribution < -0.4 is 20.7 Å². The number of carbonyl (C=O) groups is 2. The van der Waals surface area contributed by atoms with E-state index in [2.05, 4.69) is 25.6 Å². The predicted molar refractivity (Wildman–Crippen MR) is 190 cm³/mol. The molecule has 1 aliphatic rings. The number of ether oxygens (including phenoxy) is 1. The molecule has 5 aromatic rings. The van der Waals surface area contributed by atoms with Gasteiger partial charge in [-0.1, -0.05) is 54.6 Å². The first-order chi connectivity index (χ1) is 25.0. The smallest absolute Gasteiger partial charge is 0.307 e. The number of aromatic nitrogens is 3. The Balaban J connectivity index is 1.30. The zero-order valence-corrected chi connectivity index (χ0v) is 28.8. The Labute approximate surface area is 299 Å². The summed E-state index contributed by atoms with van der Waals surface area (Å²) < 4.78 is 47.1. The normalized spacial score (nSPS) is 14.8. The van der Waals surface area contributed by atoms with Gasteiger partial charge in [0.2, 0.25) is 0 Å². The number of methoxy groups -OCH3 is 1. The molecule has 3 heterocycles. The molecule has 52 heavy (non-hydrogen) atoms. The minimum atomic E-state index is -3.97. The number of rotatable bonds is 11. The van der Waals surface area contributed by atoms with Crippen molar-refractivity contribution in [2.75, 3.05) is 29.0 Å². The van der Waals surface area contributed by atoms with Gasteiger partial charge in [-0.15, -0.1) is 0 Å². The van der Waals surface area contributed by atoms with Gasteiger partial charge in [0.1, 0.15) is 29.8 Å². The molecule has 4 N–H and O–H groups in total. The fraction of sp³-hybridized carbons (Fsp3) is 0.189. The summed E-state index contributed by atoms with van der Waals surface area (Å²) in [6.07, 6.45) is 2.38. The van der Waals surface area contributed by atoms with Crippen molar-refractivity contribution >= 4 is 39.4 Å². The average molecular weight is 721 g/mol. The highest BCUT2D eigenvalue weighted by molar-refractivity contribution is 7.92. The maximum Gasteiger partial charge on any atom is 0.307 e. The molecule has 3 atom stereocenters. The van der Waals surface area contributed by atoms with Crippen molar-refractivity contribution in [3.63, 3.8) is 0 Å². The van der Waals surface area contributed by atoms with E-state index in [1.54, 1.807) is 61.5 Å². The van der Waals surface area contributed by atoms with E-state index < -0.39 is 45.7 Å². The van der Waals surface area contributed by atoms with Crippen molar-refractivity contribution < 1.29 is 27.1 Å². The molecule has 15 heteroatoms. The molecule has 0 saturated carbocycles. The number of nitriles is 1. The largest absolute Gasteiger partial charge is 0.469 e. The third kappa shape index (κ3) is 7.23. The molecule has 1 aliphatic heterocycles. The van der Waals surface area contributed by atoms with Crippen molar-refractivity contribution in [3.05, 3.63) is 137 Å². The molecule has 6 rings (SSSR count). The van der Waals surface area contributed by atoms with Crippen LogP contribution >= 0.6 is 0 Å². The van der Waals surface area contributed by atoms with Gasteiger partial charge in [0.05, 0.1) is 41.6 Å². The topological polar surface area (TPSA) is 193 Å². The van der Waals surface area contributed by atoms with Gasteiger partial charge in [0.25, 0.3) is 15.9 Å². The van der Waals surface area contributed by atoms with E-state index in [9.17, 15) is 27.7 Å². The van der Waals surface area contributed by atoms with E-state index in [1.165, 1.54) is 54.3 Å². The highest BCUT2D eigenvalue weighted by Gasteiger charge is 2.40. The van der Waals surface area contributed by atoms with Gasteiger partial charge < -0.3 is 21.1 Å². The molecule has 0 saturated heterocycles. The molecule has 0 radical (unpaired) electrons. The number of sulfonamides is 1. The van der Waals surface area contributed by atoms with E-state index in [4.69, 9.17) is 10.5 Å². The molecular weight excluding hydrogens is 688 g/mol. The van der Waals surface area contributed by atoms with Crippen LogP contribution in [0, 0.1) is 17.1 Å². The van der Waals surface area contributed by atoms with E-state index in [1.807, 2.05) is 6.07 Å². The number of nitrogen functional groups attached to an aromatic ring is 1. The first kappa shape index (κ1) is 35.4. The minimum Gasteiger partial charge on any atom is -0.469 e. The van der Waals surface area contributed by atoms with E-state index in [0.29, 0.717) is 16.7 Å². The Morgan fingerprint density at radius 1 is 1.04 bits per heavy atom. The lowest BCUT2D eigenvalue weighted by Crippen LogP contribution is -2.30. The molecule has 1 amide bonds. The second-order valence-corrected chi connectivity index (χ2v) is 13.9. The van der Waals surface area contributed by atoms with Crippen LogP contribution in [0.25, 0.3) is 0 Å². The number of pyridine rings is 1. The summed E-state index contributed by atoms with van der Waals surface area (Å²) in [6, 6.07) is 23.0. The van der Waals surface area contributed by atoms with Crippen LogP contribution in [0.15, 0.2) is 102 Å². The second-order valence-electron chi connectivity index (χ2n) is 12.0. The van der Waals surface area contributed by atoms with Crippen LogP contribution in [0.4, 0.5) is 21.8 Å². The van der Waals surface area contributed by atoms with Gasteiger partial charge in [-0.25, -0.2) is 32.1 Å². The standard InChI is InChI=1S/C37H33FN8O5S/c1-22(24-12-14-27(38)15-13-24)44-37(48)29-16-23(18-39)19-41-35(29)45-31(17-32(47)51-2)26-10-8-25(9-11-26)30-20-46(36-33(30)34(40)42-21-43-36)52(49,50)28-6-4-3-5-7-28/h3-16,19,21-22,30-31H,17,20H2,1-2H3,(H,41,45)(H,44,48)(H2,40,42,43)/t22-,30?,31+/m0/s1. The summed E-state index contributed by atoms with van der Waals surface area (Å²) in [6.45, 7) is 1.77. The van der Waals surface area contributed by atoms with E-state index in [-0.39, 0.29) is 46.4 Å². The quantitative estimate of drug-likeness (QED) is 0.155. The van der Waals surface area contributed by atoms with Crippen molar-refractivity contribution in [2.24, 2.45) is 0 Å². The Morgan fingerprint density at radius 2 is 1.73 bits per heavy atom. The fourth-order valence-electron chi connectivity index (χ4n) is 6.03. The van der Waals surface area contributed by atoms with Gasteiger partial charge in [-0.3, -0.25) is 9.59 Å². The summed E-state index contributed by atoms with van der Waals surface area (Å²) in [5, 5.41) is 15.6. The number of hydrogen-bond acceptors (Lipinski definition) is 11. The van der Waals surface area contributed by atoms with Gasteiger partial charge in [-0.05, 0) is 53.9 Å². The first-order valence-corrected chi connectivity index (χ1v) is 17.5. The number of anilines is 3. The van der Waals surface area contributed by atoms with Crippen LogP contribution in [-0.4, -0.2) is 48.9 Å². The van der Waals surface area contributed by atoms with Gasteiger partial charge in [-0.2, -0.15) is 5.26 Å². The number of benzene rings is 3. The molecule has 13 nitrogen and oxygen atoms in total. The first-order valence-electron chi connectivity index (χ1n) is 16.1. The summed E-state index contributed by atoms with van der Waals surface area (Å²) in [5.74, 6) is -1.54. The van der Waals surface area contributed by atoms with Crippen LogP contribution in [0.1, 0.15) is 69.5 Å². The third-order valence-corrected chi connectivity index (χ3v) is 10.6. The van der Waals surface area contributed by atoms with Gasteiger partial charge in [0, 0.05) is 24.2 Å². The molecule has 0 fully saturated rings. The third-order valence-electron chi connectivity index (χ3n) is 8.79. The van der Waals surface area contributed by atoms with Crippen LogP contribution in [0.3, 0.4) is 0 Å². The molecule has 0 bridgehead atoms. The van der Waals surface area contributed by atoms with Crippen LogP contribution in [-0.2, 0) is 19.6 Å². The highest BCUT2D eigenvalue weighted by atomic mass is 32.2. The van der Waals surface area contributed by atoms with Crippen molar-refractivity contribution in [1.82, 2.24) is 20.3 Å². The number of hydrogen-bond donors (Lipinski definition) is 3. The Bertz CT molecular complexity index is 2270. The lowest BCUT2D eigenvalue weighted by atomic mass is 9.92. The Morgan fingerprint density at radius 3 is 2.40 bits per heavy atom. The van der Waals surface area contributed by atoms with Crippen molar-refractivity contribution in [1.29, 1.82) is 5.26 Å². The summed E-state index contributed by atoms with van der Waals surface area (Å²) in [5.41, 5.74) is 8.98. The van der Waals surface area contributed by atoms with E-state index in [0.717, 1.165) is 5.56 Å². The maximum atomic E-state index is 13.7. The molecule has 3 aromatic carbocycles. The number of carbonyl (C=O) groups excluding carboxylic acids is 2. The molecule has 2 aromatic heterocycles. The number of nitrogens with zero attached hydrogens (tertiary/aromatic N) is 5. The zero-order chi connectivity index (χ0) is 37.0. The van der Waals surface area contributed by atoms with Crippen molar-refractivity contribution in [2.45, 2.75) is 36.2 Å². The monoisotopic (exact) mass is 720 g/mol. The lowest BCUT2D eigenvalue weighted by molar-refractivity contribution is -0.140. The van der Waals surface area contributed by atoms with Gasteiger partial charge in [0.15, 0.2) is 5.82 Å². The minimum absolute atomic E-state index is 0.0304. The zero-order valence-electron chi connectivity index (χ0n) is 28.0. The number of halogens is 1. The summed E-state index contributed by atoms with van der Waals surface area (Å²) in [7, 11) is -2.71. The molecule has 0 aliphatic carbocycles. The summed E-state index contributed by atoms with van der Waals surface area (Å²) in [4.78, 5) is 39.0. The fourth-order valence-corrected chi connectivity index (χ4v) is 7.50. The Kier molecular flexibility index (Phi) is 10.1. The molecular formula is C37H33FN8O5S. The number of nitrogens with one attached hydrogen (secondary N) is 2. The highest BCUT2D eigenvalue weighted by Crippen LogP contribution is 2.44. The average Bonchev–Trinajstić information content (AvgIpc) is 3.57. The summed E-state index contributed by atoms with van der Waals surface area (Å²) >= 11 is 0. The van der Waals surface area contributed by atoms with Gasteiger partial charge >= 0.3 is 5.97 Å². The van der Waals surface area contributed by atoms with Crippen LogP contribution in [0.2, 0.25) is 0 Å². The van der Waals surface area contributed by atoms with Crippen LogP contribution in [0.5, 0.6) is 0 Å². The number of nitrogens with two attached hydrogens (primary N) is 1. The Hall–Kier alpha value is -6.40. The van der Waals surface area contributed by atoms with Crippen molar-refractivity contribution in [3.8, 4) is 6.07 Å². The molecule has 264 valence electrons. The SMILES string of the molecule is COC(=O)C[C@@H](Nc1ncc(C#N)cc1C(=O)N[C@@H](C)c1ccc(F)cc1)c1ccc(C2CN(S(=O)(=O)c3ccccc3)c3ncnc(N)c32)cc1. The molecule has 0 spiro atoms. The number of esters is 1. The number of fused-ring (bicyclic) bond motifs is 1. The predicted octanol–water partition coefficient (Wildman–Crippen LogP) is 5.01. The molecule has 1 unspecified atom stereocenters. The van der Waals surface area contributed by atoms with E-state index >= 15 is 0 Å². The maximum absolute atomic E-state index is 13.7. The second kappa shape index (κ2) is 14.8. The lowest BCUT2D eigenvalue weighted by Gasteiger charge is -2.22.